The van der Waals surface area contributed by atoms with E-state index in [1.54, 1.807) is 25.0 Å². The Bertz CT molecular complexity index is 1110. The maximum atomic E-state index is 12.8. The lowest BCUT2D eigenvalue weighted by Crippen LogP contribution is -2.39. The largest absolute Gasteiger partial charge is 0.497 e. The zero-order valence-electron chi connectivity index (χ0n) is 17.5. The van der Waals surface area contributed by atoms with E-state index in [2.05, 4.69) is 21.9 Å². The van der Waals surface area contributed by atoms with E-state index >= 15 is 0 Å². The number of aromatic nitrogens is 1. The van der Waals surface area contributed by atoms with Crippen molar-refractivity contribution in [2.75, 3.05) is 19.0 Å². The van der Waals surface area contributed by atoms with Crippen LogP contribution in [0.5, 0.6) is 5.75 Å². The molecule has 0 aliphatic carbocycles. The average molecular weight is 420 g/mol. The number of amides is 3. The van der Waals surface area contributed by atoms with Crippen molar-refractivity contribution in [1.82, 2.24) is 15.4 Å². The molecule has 1 aromatic heterocycles. The minimum Gasteiger partial charge on any atom is -0.497 e. The van der Waals surface area contributed by atoms with Gasteiger partial charge in [-0.05, 0) is 53.3 Å². The van der Waals surface area contributed by atoms with Gasteiger partial charge in [-0.15, -0.1) is 0 Å². The zero-order chi connectivity index (χ0) is 21.8. The summed E-state index contributed by atoms with van der Waals surface area (Å²) >= 11 is 0. The van der Waals surface area contributed by atoms with Crippen molar-refractivity contribution in [2.24, 2.45) is 0 Å². The molecule has 2 aromatic carbocycles. The van der Waals surface area contributed by atoms with Crippen LogP contribution in [0.1, 0.15) is 22.4 Å². The number of hydrogen-bond acceptors (Lipinski definition) is 5. The van der Waals surface area contributed by atoms with Crippen LogP contribution in [0.3, 0.4) is 0 Å². The minimum atomic E-state index is -0.247. The lowest BCUT2D eigenvalue weighted by molar-refractivity contribution is -0.109. The van der Waals surface area contributed by atoms with Gasteiger partial charge in [0.1, 0.15) is 5.75 Å². The second kappa shape index (κ2) is 8.91. The number of ether oxygens (including phenoxy) is 1. The van der Waals surface area contributed by atoms with Crippen LogP contribution in [0.25, 0.3) is 11.1 Å². The topological polar surface area (TPSA) is 96.7 Å². The third-order valence-electron chi connectivity index (χ3n) is 5.41. The Hall–Kier alpha value is -3.81. The fourth-order valence-corrected chi connectivity index (χ4v) is 3.90. The monoisotopic (exact) mass is 420 g/mol. The first-order chi connectivity index (χ1) is 15.1. The van der Waals surface area contributed by atoms with Crippen LogP contribution in [0.15, 0.2) is 47.0 Å². The number of nitrogens with one attached hydrogen (secondary N) is 2. The summed E-state index contributed by atoms with van der Waals surface area (Å²) in [6.45, 7) is 3.19. The predicted octanol–water partition coefficient (Wildman–Crippen LogP) is 3.49. The third kappa shape index (κ3) is 4.37. The van der Waals surface area contributed by atoms with Crippen LogP contribution in [-0.2, 0) is 24.3 Å². The number of carbonyl (C=O) groups is 2. The van der Waals surface area contributed by atoms with Crippen molar-refractivity contribution in [2.45, 2.75) is 26.4 Å². The Kier molecular flexibility index (Phi) is 5.88. The molecule has 160 valence electrons. The number of benzene rings is 2. The summed E-state index contributed by atoms with van der Waals surface area (Å²) in [7, 11) is 1.65. The Balaban J connectivity index is 1.65. The van der Waals surface area contributed by atoms with Crippen molar-refractivity contribution in [3.8, 4) is 16.9 Å². The quantitative estimate of drug-likeness (QED) is 0.595. The molecule has 8 heteroatoms. The van der Waals surface area contributed by atoms with E-state index in [-0.39, 0.29) is 6.03 Å². The number of carbonyl (C=O) groups excluding carboxylic acids is 2. The van der Waals surface area contributed by atoms with Gasteiger partial charge in [0.05, 0.1) is 12.8 Å². The lowest BCUT2D eigenvalue weighted by atomic mass is 9.87. The van der Waals surface area contributed by atoms with Crippen LogP contribution in [0.4, 0.5) is 10.7 Å². The number of rotatable bonds is 6. The molecule has 1 aliphatic rings. The number of urea groups is 1. The van der Waals surface area contributed by atoms with Crippen LogP contribution in [0.2, 0.25) is 0 Å². The summed E-state index contributed by atoms with van der Waals surface area (Å²) < 4.78 is 10.5. The smallest absolute Gasteiger partial charge is 0.324 e. The SMILES string of the molecule is COc1cccc(-c2ccc(CNC=O)c3c2CCN(C(=O)Nc2cc(C)no2)C3)c1. The Morgan fingerprint density at radius 3 is 2.87 bits per heavy atom. The second-order valence-electron chi connectivity index (χ2n) is 7.39. The van der Waals surface area contributed by atoms with Gasteiger partial charge in [-0.1, -0.05) is 29.4 Å². The highest BCUT2D eigenvalue weighted by Crippen LogP contribution is 2.34. The van der Waals surface area contributed by atoms with Gasteiger partial charge in [-0.3, -0.25) is 10.1 Å². The van der Waals surface area contributed by atoms with E-state index in [4.69, 9.17) is 9.26 Å². The zero-order valence-corrected chi connectivity index (χ0v) is 17.5. The number of anilines is 1. The van der Waals surface area contributed by atoms with E-state index in [1.165, 1.54) is 5.56 Å². The Labute approximate surface area is 180 Å². The lowest BCUT2D eigenvalue weighted by Gasteiger charge is -2.31. The molecule has 0 saturated heterocycles. The predicted molar refractivity (Wildman–Crippen MR) is 116 cm³/mol. The van der Waals surface area contributed by atoms with Crippen LogP contribution in [0, 0.1) is 6.92 Å². The van der Waals surface area contributed by atoms with E-state index in [0.29, 0.717) is 44.0 Å². The third-order valence-corrected chi connectivity index (χ3v) is 5.41. The molecule has 0 unspecified atom stereocenters. The molecule has 2 N–H and O–H groups in total. The Morgan fingerprint density at radius 1 is 1.26 bits per heavy atom. The van der Waals surface area contributed by atoms with Gasteiger partial charge in [-0.25, -0.2) is 4.79 Å². The number of nitrogens with zero attached hydrogens (tertiary/aromatic N) is 2. The van der Waals surface area contributed by atoms with E-state index in [0.717, 1.165) is 28.0 Å². The van der Waals surface area contributed by atoms with Crippen molar-refractivity contribution in [3.05, 3.63) is 64.8 Å². The molecule has 3 aromatic rings. The minimum absolute atomic E-state index is 0.247. The summed E-state index contributed by atoms with van der Waals surface area (Å²) in [6, 6.07) is 13.4. The molecule has 0 radical (unpaired) electrons. The van der Waals surface area contributed by atoms with E-state index < -0.39 is 0 Å². The average Bonchev–Trinajstić information content (AvgIpc) is 3.21. The van der Waals surface area contributed by atoms with Crippen LogP contribution < -0.4 is 15.4 Å². The maximum Gasteiger partial charge on any atom is 0.324 e. The van der Waals surface area contributed by atoms with Crippen molar-refractivity contribution >= 4 is 18.3 Å². The first-order valence-corrected chi connectivity index (χ1v) is 10.0. The summed E-state index contributed by atoms with van der Waals surface area (Å²) in [5.74, 6) is 1.11. The van der Waals surface area contributed by atoms with Gasteiger partial charge < -0.3 is 19.5 Å². The molecule has 0 atom stereocenters. The summed E-state index contributed by atoms with van der Waals surface area (Å²) in [4.78, 5) is 25.4. The molecule has 1 aliphatic heterocycles. The molecule has 2 heterocycles. The van der Waals surface area contributed by atoms with Crippen molar-refractivity contribution in [1.29, 1.82) is 0 Å². The highest BCUT2D eigenvalue weighted by molar-refractivity contribution is 5.88. The maximum absolute atomic E-state index is 12.8. The van der Waals surface area contributed by atoms with Gasteiger partial charge in [0.2, 0.25) is 12.3 Å². The van der Waals surface area contributed by atoms with Gasteiger partial charge in [0.15, 0.2) is 0 Å². The molecule has 4 rings (SSSR count). The fourth-order valence-electron chi connectivity index (χ4n) is 3.90. The van der Waals surface area contributed by atoms with E-state index in [9.17, 15) is 9.59 Å². The summed E-state index contributed by atoms with van der Waals surface area (Å²) in [6.07, 6.45) is 1.38. The molecule has 0 spiro atoms. The first kappa shape index (κ1) is 20.5. The molecule has 8 nitrogen and oxygen atoms in total. The number of aryl methyl sites for hydroxylation is 1. The number of fused-ring (bicyclic) bond motifs is 1. The van der Waals surface area contributed by atoms with Gasteiger partial charge in [-0.2, -0.15) is 0 Å². The molecule has 3 amide bonds. The van der Waals surface area contributed by atoms with E-state index in [1.807, 2.05) is 30.3 Å². The standard InChI is InChI=1S/C23H24N4O4/c1-15-10-22(31-26-15)25-23(29)27-9-8-20-19(16-4-3-5-18(11-16)30-2)7-6-17(12-24-14-28)21(20)13-27/h3-7,10-11,14H,8-9,12-13H2,1-2H3,(H,24,28)(H,25,29). The van der Waals surface area contributed by atoms with Gasteiger partial charge in [0.25, 0.3) is 0 Å². The fraction of sp³-hybridized carbons (Fsp3) is 0.261. The van der Waals surface area contributed by atoms with Crippen molar-refractivity contribution < 1.29 is 18.8 Å². The number of hydrogen-bond donors (Lipinski definition) is 2. The van der Waals surface area contributed by atoms with Crippen LogP contribution in [-0.4, -0.2) is 36.2 Å². The second-order valence-corrected chi connectivity index (χ2v) is 7.39. The molecule has 0 saturated carbocycles. The van der Waals surface area contributed by atoms with Gasteiger partial charge >= 0.3 is 6.03 Å². The molecular formula is C23H24N4O4. The summed E-state index contributed by atoms with van der Waals surface area (Å²) in [5, 5.41) is 9.29. The van der Waals surface area contributed by atoms with Gasteiger partial charge in [0, 0.05) is 25.7 Å². The Morgan fingerprint density at radius 2 is 2.13 bits per heavy atom. The molecular weight excluding hydrogens is 396 g/mol. The molecule has 31 heavy (non-hydrogen) atoms. The van der Waals surface area contributed by atoms with Crippen molar-refractivity contribution in [3.63, 3.8) is 0 Å². The highest BCUT2D eigenvalue weighted by atomic mass is 16.5. The van der Waals surface area contributed by atoms with Crippen LogP contribution >= 0.6 is 0 Å². The molecule has 0 fully saturated rings. The highest BCUT2D eigenvalue weighted by Gasteiger charge is 2.26. The normalized spacial score (nSPS) is 12.8. The molecule has 0 bridgehead atoms. The number of methoxy groups -OCH3 is 1. The first-order valence-electron chi connectivity index (χ1n) is 10.0. The summed E-state index contributed by atoms with van der Waals surface area (Å²) in [5.41, 5.74) is 6.07.